The van der Waals surface area contributed by atoms with Crippen LogP contribution in [0.2, 0.25) is 0 Å². The lowest BCUT2D eigenvalue weighted by atomic mass is 10.4. The molecule has 2 rings (SSSR count). The monoisotopic (exact) mass is 176 g/mol. The van der Waals surface area contributed by atoms with Gasteiger partial charge in [0, 0.05) is 13.2 Å². The topological polar surface area (TPSA) is 59.3 Å². The summed E-state index contributed by atoms with van der Waals surface area (Å²) < 4.78 is 1.56. The highest BCUT2D eigenvalue weighted by molar-refractivity contribution is 5.92. The third-order valence-corrected chi connectivity index (χ3v) is 1.70. The Balaban J connectivity index is 2.56. The zero-order valence-electron chi connectivity index (χ0n) is 7.06. The van der Waals surface area contributed by atoms with Crippen molar-refractivity contribution in [1.82, 2.24) is 19.9 Å². The Kier molecular flexibility index (Phi) is 1.70. The highest BCUT2D eigenvalue weighted by Crippen LogP contribution is 2.01. The van der Waals surface area contributed by atoms with E-state index >= 15 is 0 Å². The van der Waals surface area contributed by atoms with Crippen LogP contribution in [0.25, 0.3) is 5.65 Å². The number of fused-ring (bicyclic) bond motifs is 1. The Hall–Kier alpha value is -1.91. The van der Waals surface area contributed by atoms with E-state index in [0.29, 0.717) is 11.3 Å². The molecule has 0 spiro atoms. The van der Waals surface area contributed by atoms with E-state index in [1.54, 1.807) is 36.1 Å². The molecule has 0 saturated carbocycles. The number of carbonyl (C=O) groups is 1. The molecular weight excluding hydrogens is 168 g/mol. The predicted molar refractivity (Wildman–Crippen MR) is 46.4 cm³/mol. The second kappa shape index (κ2) is 2.85. The van der Waals surface area contributed by atoms with Crippen molar-refractivity contribution >= 4 is 11.6 Å². The second-order valence-electron chi connectivity index (χ2n) is 2.53. The van der Waals surface area contributed by atoms with E-state index in [1.807, 2.05) is 0 Å². The highest BCUT2D eigenvalue weighted by Gasteiger charge is 2.07. The Morgan fingerprint density at radius 3 is 3.15 bits per heavy atom. The van der Waals surface area contributed by atoms with Gasteiger partial charge >= 0.3 is 0 Å². The average Bonchev–Trinajstić information content (AvgIpc) is 2.59. The first kappa shape index (κ1) is 7.72. The molecule has 2 heterocycles. The largest absolute Gasteiger partial charge is 0.354 e. The lowest BCUT2D eigenvalue weighted by molar-refractivity contribution is 0.0958. The van der Waals surface area contributed by atoms with Gasteiger partial charge in [-0.25, -0.2) is 9.50 Å². The van der Waals surface area contributed by atoms with Crippen LogP contribution in [0.1, 0.15) is 10.5 Å². The van der Waals surface area contributed by atoms with Crippen LogP contribution in [0, 0.1) is 0 Å². The molecule has 0 radical (unpaired) electrons. The van der Waals surface area contributed by atoms with Gasteiger partial charge in [-0.2, -0.15) is 5.10 Å². The van der Waals surface area contributed by atoms with Gasteiger partial charge in [0.15, 0.2) is 5.65 Å². The Morgan fingerprint density at radius 2 is 2.46 bits per heavy atom. The van der Waals surface area contributed by atoms with Crippen LogP contribution < -0.4 is 5.32 Å². The first-order valence-corrected chi connectivity index (χ1v) is 3.84. The van der Waals surface area contributed by atoms with Crippen molar-refractivity contribution in [3.05, 3.63) is 30.2 Å². The molecule has 5 heteroatoms. The third-order valence-electron chi connectivity index (χ3n) is 1.70. The van der Waals surface area contributed by atoms with Crippen LogP contribution in [-0.2, 0) is 0 Å². The van der Waals surface area contributed by atoms with Crippen molar-refractivity contribution in [2.75, 3.05) is 7.05 Å². The van der Waals surface area contributed by atoms with Crippen LogP contribution in [0.15, 0.2) is 24.5 Å². The van der Waals surface area contributed by atoms with E-state index in [9.17, 15) is 4.79 Å². The minimum atomic E-state index is -0.203. The van der Waals surface area contributed by atoms with Gasteiger partial charge in [0.25, 0.3) is 5.91 Å². The van der Waals surface area contributed by atoms with Gasteiger partial charge < -0.3 is 5.32 Å². The van der Waals surface area contributed by atoms with Gasteiger partial charge in [0.2, 0.25) is 0 Å². The molecule has 0 unspecified atom stereocenters. The molecule has 0 fully saturated rings. The summed E-state index contributed by atoms with van der Waals surface area (Å²) in [4.78, 5) is 15.2. The van der Waals surface area contributed by atoms with Crippen molar-refractivity contribution in [2.24, 2.45) is 0 Å². The number of aromatic nitrogens is 3. The molecule has 2 aromatic heterocycles. The van der Waals surface area contributed by atoms with E-state index < -0.39 is 0 Å². The van der Waals surface area contributed by atoms with Crippen molar-refractivity contribution in [2.45, 2.75) is 0 Å². The molecule has 13 heavy (non-hydrogen) atoms. The maximum absolute atomic E-state index is 11.2. The van der Waals surface area contributed by atoms with E-state index in [1.165, 1.54) is 0 Å². The summed E-state index contributed by atoms with van der Waals surface area (Å²) >= 11 is 0. The summed E-state index contributed by atoms with van der Waals surface area (Å²) in [6, 6.07) is 3.56. The first-order valence-electron chi connectivity index (χ1n) is 3.84. The molecule has 5 nitrogen and oxygen atoms in total. The molecule has 2 aromatic rings. The number of hydrogen-bond donors (Lipinski definition) is 1. The molecule has 0 aromatic carbocycles. The minimum Gasteiger partial charge on any atom is -0.354 e. The van der Waals surface area contributed by atoms with Crippen LogP contribution in [0.4, 0.5) is 0 Å². The normalized spacial score (nSPS) is 10.2. The third kappa shape index (κ3) is 1.24. The number of nitrogens with zero attached hydrogens (tertiary/aromatic N) is 3. The molecule has 0 bridgehead atoms. The number of amides is 1. The number of nitrogens with one attached hydrogen (secondary N) is 1. The lowest BCUT2D eigenvalue weighted by Crippen LogP contribution is -2.17. The summed E-state index contributed by atoms with van der Waals surface area (Å²) in [5, 5.41) is 6.49. The van der Waals surface area contributed by atoms with E-state index in [-0.39, 0.29) is 5.91 Å². The fourth-order valence-electron chi connectivity index (χ4n) is 1.07. The Bertz CT molecular complexity index is 415. The SMILES string of the molecule is CNC(=O)c1cn2ncccc2n1. The Labute approximate surface area is 74.4 Å². The smallest absolute Gasteiger partial charge is 0.271 e. The molecule has 0 aliphatic rings. The molecular formula is C8H8N4O. The zero-order valence-corrected chi connectivity index (χ0v) is 7.06. The fraction of sp³-hybridized carbons (Fsp3) is 0.125. The standard InChI is InChI=1S/C8H8N4O/c1-9-8(13)6-5-12-7(11-6)3-2-4-10-12/h2-5H,1H3,(H,9,13). The molecule has 0 aliphatic carbocycles. The molecule has 1 amide bonds. The van der Waals surface area contributed by atoms with Gasteiger partial charge in [0.05, 0.1) is 6.20 Å². The van der Waals surface area contributed by atoms with Crippen molar-refractivity contribution in [3.8, 4) is 0 Å². The van der Waals surface area contributed by atoms with Gasteiger partial charge in [0.1, 0.15) is 5.69 Å². The van der Waals surface area contributed by atoms with Crippen molar-refractivity contribution in [3.63, 3.8) is 0 Å². The Morgan fingerprint density at radius 1 is 1.62 bits per heavy atom. The van der Waals surface area contributed by atoms with Crippen molar-refractivity contribution in [1.29, 1.82) is 0 Å². The second-order valence-corrected chi connectivity index (χ2v) is 2.53. The van der Waals surface area contributed by atoms with Crippen LogP contribution in [0.3, 0.4) is 0 Å². The maximum atomic E-state index is 11.2. The zero-order chi connectivity index (χ0) is 9.26. The molecule has 1 N–H and O–H groups in total. The summed E-state index contributed by atoms with van der Waals surface area (Å²) in [5.74, 6) is -0.203. The van der Waals surface area contributed by atoms with Crippen LogP contribution in [-0.4, -0.2) is 27.6 Å². The molecule has 66 valence electrons. The molecule has 0 aliphatic heterocycles. The van der Waals surface area contributed by atoms with Crippen LogP contribution in [0.5, 0.6) is 0 Å². The van der Waals surface area contributed by atoms with E-state index in [0.717, 1.165) is 0 Å². The summed E-state index contributed by atoms with van der Waals surface area (Å²) in [5.41, 5.74) is 1.04. The van der Waals surface area contributed by atoms with Gasteiger partial charge in [-0.3, -0.25) is 4.79 Å². The number of rotatable bonds is 1. The minimum absolute atomic E-state index is 0.203. The predicted octanol–water partition coefficient (Wildman–Crippen LogP) is 0.0889. The quantitative estimate of drug-likeness (QED) is 0.669. The summed E-state index contributed by atoms with van der Waals surface area (Å²) in [7, 11) is 1.57. The van der Waals surface area contributed by atoms with Crippen molar-refractivity contribution < 1.29 is 4.79 Å². The highest BCUT2D eigenvalue weighted by atomic mass is 16.1. The van der Waals surface area contributed by atoms with E-state index in [2.05, 4.69) is 15.4 Å². The van der Waals surface area contributed by atoms with Gasteiger partial charge in [-0.15, -0.1) is 0 Å². The van der Waals surface area contributed by atoms with E-state index in [4.69, 9.17) is 0 Å². The van der Waals surface area contributed by atoms with Gasteiger partial charge in [-0.1, -0.05) is 0 Å². The average molecular weight is 176 g/mol. The maximum Gasteiger partial charge on any atom is 0.271 e. The first-order chi connectivity index (χ1) is 6.31. The summed E-state index contributed by atoms with van der Waals surface area (Å²) in [6.07, 6.45) is 3.23. The van der Waals surface area contributed by atoms with Gasteiger partial charge in [-0.05, 0) is 12.1 Å². The number of imidazole rings is 1. The fourth-order valence-corrected chi connectivity index (χ4v) is 1.07. The van der Waals surface area contributed by atoms with Crippen LogP contribution >= 0.6 is 0 Å². The number of carbonyl (C=O) groups excluding carboxylic acids is 1. The summed E-state index contributed by atoms with van der Waals surface area (Å²) in [6.45, 7) is 0. The molecule has 0 atom stereocenters. The lowest BCUT2D eigenvalue weighted by Gasteiger charge is -1.89. The number of hydrogen-bond acceptors (Lipinski definition) is 3. The molecule has 0 saturated heterocycles.